The summed E-state index contributed by atoms with van der Waals surface area (Å²) < 4.78 is 33.6. The summed E-state index contributed by atoms with van der Waals surface area (Å²) in [7, 11) is -2.25. The number of hydrogen-bond donors (Lipinski definition) is 1. The van der Waals surface area contributed by atoms with E-state index in [0.717, 1.165) is 5.56 Å². The number of rotatable bonds is 7. The van der Waals surface area contributed by atoms with Crippen molar-refractivity contribution in [2.45, 2.75) is 24.8 Å². The van der Waals surface area contributed by atoms with Gasteiger partial charge in [-0.05, 0) is 37.1 Å². The average molecular weight is 337 g/mol. The summed E-state index contributed by atoms with van der Waals surface area (Å²) in [6.07, 6.45) is 1.97. The van der Waals surface area contributed by atoms with E-state index in [1.807, 2.05) is 6.92 Å². The van der Waals surface area contributed by atoms with Crippen molar-refractivity contribution in [1.29, 1.82) is 0 Å². The molecule has 0 radical (unpaired) electrons. The van der Waals surface area contributed by atoms with Crippen molar-refractivity contribution in [2.24, 2.45) is 0 Å². The molecule has 2 rings (SSSR count). The molecule has 0 amide bonds. The van der Waals surface area contributed by atoms with E-state index in [-0.39, 0.29) is 17.0 Å². The van der Waals surface area contributed by atoms with E-state index in [1.165, 1.54) is 24.1 Å². The molecule has 1 heterocycles. The van der Waals surface area contributed by atoms with E-state index in [1.54, 1.807) is 24.3 Å². The van der Waals surface area contributed by atoms with Gasteiger partial charge in [-0.15, -0.1) is 0 Å². The van der Waals surface area contributed by atoms with Crippen LogP contribution in [-0.2, 0) is 16.6 Å². The van der Waals surface area contributed by atoms with Gasteiger partial charge in [-0.1, -0.05) is 6.07 Å². The average Bonchev–Trinajstić information content (AvgIpc) is 2.53. The number of hydrogen-bond acceptors (Lipinski definition) is 5. The minimum atomic E-state index is -3.67. The van der Waals surface area contributed by atoms with Gasteiger partial charge < -0.3 is 4.74 Å². The highest BCUT2D eigenvalue weighted by atomic mass is 32.2. The summed E-state index contributed by atoms with van der Waals surface area (Å²) in [6, 6.07) is 7.94. The summed E-state index contributed by atoms with van der Waals surface area (Å²) >= 11 is 0. The van der Waals surface area contributed by atoms with Crippen LogP contribution in [0.4, 0.5) is 0 Å². The molecule has 0 unspecified atom stereocenters. The van der Waals surface area contributed by atoms with Crippen LogP contribution in [0.5, 0.6) is 5.75 Å². The predicted molar refractivity (Wildman–Crippen MR) is 86.0 cm³/mol. The van der Waals surface area contributed by atoms with Gasteiger partial charge in [0.05, 0.1) is 7.11 Å². The second-order valence-corrected chi connectivity index (χ2v) is 6.73. The molecule has 1 aromatic heterocycles. The van der Waals surface area contributed by atoms with Crippen molar-refractivity contribution in [1.82, 2.24) is 14.5 Å². The molecule has 2 aromatic rings. The Kier molecular flexibility index (Phi) is 5.51. The first kappa shape index (κ1) is 17.2. The van der Waals surface area contributed by atoms with Gasteiger partial charge >= 0.3 is 0 Å². The van der Waals surface area contributed by atoms with Gasteiger partial charge in [0, 0.05) is 25.4 Å². The van der Waals surface area contributed by atoms with E-state index in [2.05, 4.69) is 9.82 Å². The molecule has 0 aliphatic rings. The summed E-state index contributed by atoms with van der Waals surface area (Å²) in [4.78, 5) is 11.6. The highest BCUT2D eigenvalue weighted by molar-refractivity contribution is 7.89. The van der Waals surface area contributed by atoms with Crippen molar-refractivity contribution < 1.29 is 13.2 Å². The van der Waals surface area contributed by atoms with Crippen molar-refractivity contribution in [3.8, 4) is 5.75 Å². The van der Waals surface area contributed by atoms with Crippen molar-refractivity contribution in [3.63, 3.8) is 0 Å². The number of ether oxygens (including phenoxy) is 1. The maximum Gasteiger partial charge on any atom is 0.266 e. The molecule has 0 aliphatic heterocycles. The van der Waals surface area contributed by atoms with Gasteiger partial charge in [0.15, 0.2) is 0 Å². The van der Waals surface area contributed by atoms with Gasteiger partial charge in [0.2, 0.25) is 10.0 Å². The van der Waals surface area contributed by atoms with E-state index in [0.29, 0.717) is 18.7 Å². The Hall–Kier alpha value is -2.19. The molecule has 0 aliphatic carbocycles. The zero-order valence-electron chi connectivity index (χ0n) is 13.0. The van der Waals surface area contributed by atoms with Crippen LogP contribution in [0.1, 0.15) is 12.0 Å². The molecule has 0 saturated carbocycles. The summed E-state index contributed by atoms with van der Waals surface area (Å²) in [5.74, 6) is 0.295. The van der Waals surface area contributed by atoms with Crippen molar-refractivity contribution in [2.75, 3.05) is 13.7 Å². The van der Waals surface area contributed by atoms with Gasteiger partial charge in [0.25, 0.3) is 5.56 Å². The smallest absolute Gasteiger partial charge is 0.266 e. The fraction of sp³-hybridized carbons (Fsp3) is 0.333. The Labute approximate surface area is 135 Å². The van der Waals surface area contributed by atoms with Crippen LogP contribution in [0, 0.1) is 6.92 Å². The number of methoxy groups -OCH3 is 1. The first-order chi connectivity index (χ1) is 10.9. The Bertz CT molecular complexity index is 831. The quantitative estimate of drug-likeness (QED) is 0.759. The molecule has 0 bridgehead atoms. The van der Waals surface area contributed by atoms with Crippen LogP contribution in [0.25, 0.3) is 0 Å². The van der Waals surface area contributed by atoms with Crippen LogP contribution < -0.4 is 15.0 Å². The summed E-state index contributed by atoms with van der Waals surface area (Å²) in [5.41, 5.74) is 0.613. The van der Waals surface area contributed by atoms with Crippen molar-refractivity contribution in [3.05, 3.63) is 52.4 Å². The van der Waals surface area contributed by atoms with E-state index >= 15 is 0 Å². The molecule has 1 aromatic carbocycles. The lowest BCUT2D eigenvalue weighted by molar-refractivity contribution is 0.402. The summed E-state index contributed by atoms with van der Waals surface area (Å²) in [6.45, 7) is 2.35. The monoisotopic (exact) mass is 337 g/mol. The minimum absolute atomic E-state index is 0.106. The number of sulfonamides is 1. The molecule has 8 heteroatoms. The van der Waals surface area contributed by atoms with Crippen LogP contribution in [0.3, 0.4) is 0 Å². The Morgan fingerprint density at radius 2 is 2.09 bits per heavy atom. The first-order valence-corrected chi connectivity index (χ1v) is 8.59. The largest absolute Gasteiger partial charge is 0.495 e. The lowest BCUT2D eigenvalue weighted by Crippen LogP contribution is -2.28. The van der Waals surface area contributed by atoms with E-state index in [4.69, 9.17) is 4.74 Å². The highest BCUT2D eigenvalue weighted by Crippen LogP contribution is 2.24. The third-order valence-electron chi connectivity index (χ3n) is 3.23. The highest BCUT2D eigenvalue weighted by Gasteiger charge is 2.19. The number of nitrogens with zero attached hydrogens (tertiary/aromatic N) is 2. The molecule has 0 saturated heterocycles. The molecular weight excluding hydrogens is 318 g/mol. The van der Waals surface area contributed by atoms with Gasteiger partial charge in [-0.25, -0.2) is 17.8 Å². The van der Waals surface area contributed by atoms with Crippen LogP contribution >= 0.6 is 0 Å². The zero-order valence-corrected chi connectivity index (χ0v) is 13.8. The maximum absolute atomic E-state index is 12.4. The fourth-order valence-electron chi connectivity index (χ4n) is 2.06. The van der Waals surface area contributed by atoms with Gasteiger partial charge in [-0.3, -0.25) is 4.79 Å². The van der Waals surface area contributed by atoms with E-state index in [9.17, 15) is 13.2 Å². The number of aryl methyl sites for hydroxylation is 2. The Morgan fingerprint density at radius 1 is 1.30 bits per heavy atom. The predicted octanol–water partition coefficient (Wildman–Crippen LogP) is 0.929. The van der Waals surface area contributed by atoms with Crippen LogP contribution in [0.2, 0.25) is 0 Å². The normalized spacial score (nSPS) is 11.4. The second kappa shape index (κ2) is 7.38. The molecular formula is C15H19N3O4S. The molecule has 0 spiro atoms. The molecule has 0 fully saturated rings. The SMILES string of the molecule is COc1ccc(C)cc1S(=O)(=O)NCCCn1ncccc1=O. The maximum atomic E-state index is 12.4. The Morgan fingerprint density at radius 3 is 2.78 bits per heavy atom. The zero-order chi connectivity index (χ0) is 16.9. The molecule has 124 valence electrons. The minimum Gasteiger partial charge on any atom is -0.495 e. The van der Waals surface area contributed by atoms with Gasteiger partial charge in [0.1, 0.15) is 10.6 Å². The number of aromatic nitrogens is 2. The van der Waals surface area contributed by atoms with E-state index < -0.39 is 10.0 Å². The second-order valence-electron chi connectivity index (χ2n) is 4.99. The fourth-order valence-corrected chi connectivity index (χ4v) is 3.39. The summed E-state index contributed by atoms with van der Waals surface area (Å²) in [5, 5.41) is 3.92. The third-order valence-corrected chi connectivity index (χ3v) is 4.71. The molecule has 1 N–H and O–H groups in total. The van der Waals surface area contributed by atoms with Crippen LogP contribution in [-0.4, -0.2) is 31.9 Å². The van der Waals surface area contributed by atoms with Gasteiger partial charge in [-0.2, -0.15) is 5.10 Å². The molecule has 0 atom stereocenters. The number of nitrogens with one attached hydrogen (secondary N) is 1. The lowest BCUT2D eigenvalue weighted by atomic mass is 10.2. The third kappa shape index (κ3) is 4.40. The number of benzene rings is 1. The standard InChI is InChI=1S/C15H19N3O4S/c1-12-6-7-13(22-2)14(11-12)23(20,21)17-9-4-10-18-15(19)5-3-8-16-18/h3,5-8,11,17H,4,9-10H2,1-2H3. The molecule has 23 heavy (non-hydrogen) atoms. The molecule has 7 nitrogen and oxygen atoms in total. The topological polar surface area (TPSA) is 90.3 Å². The Balaban J connectivity index is 2.01. The van der Waals surface area contributed by atoms with Crippen LogP contribution in [0.15, 0.2) is 46.2 Å². The lowest BCUT2D eigenvalue weighted by Gasteiger charge is -2.11. The van der Waals surface area contributed by atoms with Crippen molar-refractivity contribution >= 4 is 10.0 Å². The first-order valence-electron chi connectivity index (χ1n) is 7.10.